The van der Waals surface area contributed by atoms with Gasteiger partial charge in [0.2, 0.25) is 0 Å². The lowest BCUT2D eigenvalue weighted by atomic mass is 9.97. The van der Waals surface area contributed by atoms with Crippen molar-refractivity contribution in [2.24, 2.45) is 0 Å². The van der Waals surface area contributed by atoms with E-state index in [-0.39, 0.29) is 23.8 Å². The molecule has 2 rings (SSSR count). The molecule has 0 aliphatic heterocycles. The highest BCUT2D eigenvalue weighted by Gasteiger charge is 2.17. The number of hydrogen-bond donors (Lipinski definition) is 2. The molecule has 6 heteroatoms. The van der Waals surface area contributed by atoms with E-state index in [0.29, 0.717) is 11.0 Å². The van der Waals surface area contributed by atoms with Gasteiger partial charge in [-0.25, -0.2) is 4.79 Å². The van der Waals surface area contributed by atoms with Gasteiger partial charge in [0.05, 0.1) is 4.47 Å². The number of aromatic hydroxyl groups is 1. The maximum absolute atomic E-state index is 12.0. The van der Waals surface area contributed by atoms with E-state index in [1.165, 1.54) is 24.5 Å². The number of esters is 1. The number of aryl methyl sites for hydroxylation is 1. The lowest BCUT2D eigenvalue weighted by Crippen LogP contribution is -2.29. The highest BCUT2D eigenvalue weighted by molar-refractivity contribution is 9.10. The van der Waals surface area contributed by atoms with Crippen molar-refractivity contribution in [3.8, 4) is 5.75 Å². The number of amides is 1. The van der Waals surface area contributed by atoms with Crippen molar-refractivity contribution in [2.75, 3.05) is 13.2 Å². The van der Waals surface area contributed by atoms with Crippen LogP contribution in [0.1, 0.15) is 48.0 Å². The maximum Gasteiger partial charge on any atom is 0.342 e. The van der Waals surface area contributed by atoms with Gasteiger partial charge in [-0.3, -0.25) is 4.79 Å². The Kier molecular flexibility index (Phi) is 6.85. The van der Waals surface area contributed by atoms with Crippen LogP contribution in [0.15, 0.2) is 28.3 Å². The van der Waals surface area contributed by atoms with Crippen molar-refractivity contribution < 1.29 is 19.4 Å². The molecule has 2 N–H and O–H groups in total. The summed E-state index contributed by atoms with van der Waals surface area (Å²) in [5.41, 5.74) is 2.23. The normalized spacial score (nSPS) is 14.0. The second kappa shape index (κ2) is 8.87. The Bertz CT molecular complexity index is 655. The number of carbonyl (C=O) groups is 2. The van der Waals surface area contributed by atoms with Crippen LogP contribution in [0.2, 0.25) is 0 Å². The SMILES string of the molecule is Cc1cc(Br)c(O)c(C(=O)OCC(=O)NCCC2=CCCCC2)c1. The third-order valence-electron chi connectivity index (χ3n) is 3.92. The van der Waals surface area contributed by atoms with Gasteiger partial charge in [-0.1, -0.05) is 11.6 Å². The fourth-order valence-corrected chi connectivity index (χ4v) is 3.22. The van der Waals surface area contributed by atoms with E-state index in [1.54, 1.807) is 13.0 Å². The first-order valence-electron chi connectivity index (χ1n) is 8.08. The Hall–Kier alpha value is -1.82. The molecule has 1 aliphatic carbocycles. The highest BCUT2D eigenvalue weighted by Crippen LogP contribution is 2.29. The van der Waals surface area contributed by atoms with E-state index in [1.807, 2.05) is 0 Å². The Labute approximate surface area is 150 Å². The van der Waals surface area contributed by atoms with Crippen LogP contribution in [0, 0.1) is 6.92 Å². The minimum absolute atomic E-state index is 0.0436. The average Bonchev–Trinajstić information content (AvgIpc) is 2.57. The Morgan fingerprint density at radius 2 is 2.12 bits per heavy atom. The summed E-state index contributed by atoms with van der Waals surface area (Å²) in [5, 5.41) is 12.6. The second-order valence-corrected chi connectivity index (χ2v) is 6.78. The Morgan fingerprint density at radius 1 is 1.33 bits per heavy atom. The number of carbonyl (C=O) groups excluding carboxylic acids is 2. The van der Waals surface area contributed by atoms with E-state index in [2.05, 4.69) is 27.3 Å². The monoisotopic (exact) mass is 395 g/mol. The molecule has 0 heterocycles. The lowest BCUT2D eigenvalue weighted by Gasteiger charge is -2.13. The minimum atomic E-state index is -0.720. The largest absolute Gasteiger partial charge is 0.506 e. The first-order valence-corrected chi connectivity index (χ1v) is 8.87. The Morgan fingerprint density at radius 3 is 2.83 bits per heavy atom. The van der Waals surface area contributed by atoms with Gasteiger partial charge >= 0.3 is 5.97 Å². The van der Waals surface area contributed by atoms with Crippen molar-refractivity contribution >= 4 is 27.8 Å². The maximum atomic E-state index is 12.0. The summed E-state index contributed by atoms with van der Waals surface area (Å²) in [6.07, 6.45) is 7.77. The van der Waals surface area contributed by atoms with Crippen LogP contribution in [0.4, 0.5) is 0 Å². The summed E-state index contributed by atoms with van der Waals surface area (Å²) < 4.78 is 5.39. The zero-order valence-corrected chi connectivity index (χ0v) is 15.3. The smallest absolute Gasteiger partial charge is 0.342 e. The Balaban J connectivity index is 1.77. The zero-order valence-electron chi connectivity index (χ0n) is 13.7. The molecule has 0 saturated heterocycles. The molecule has 0 fully saturated rings. The molecule has 24 heavy (non-hydrogen) atoms. The third kappa shape index (κ3) is 5.37. The number of halogens is 1. The molecule has 0 saturated carbocycles. The van der Waals surface area contributed by atoms with E-state index < -0.39 is 5.97 Å². The van der Waals surface area contributed by atoms with Gasteiger partial charge in [-0.2, -0.15) is 0 Å². The second-order valence-electron chi connectivity index (χ2n) is 5.93. The van der Waals surface area contributed by atoms with Crippen LogP contribution in [0.5, 0.6) is 5.75 Å². The lowest BCUT2D eigenvalue weighted by molar-refractivity contribution is -0.124. The topological polar surface area (TPSA) is 75.6 Å². The minimum Gasteiger partial charge on any atom is -0.506 e. The molecular weight excluding hydrogens is 374 g/mol. The van der Waals surface area contributed by atoms with Crippen molar-refractivity contribution in [3.05, 3.63) is 39.4 Å². The van der Waals surface area contributed by atoms with Crippen LogP contribution in [-0.4, -0.2) is 30.1 Å². The number of hydrogen-bond acceptors (Lipinski definition) is 4. The molecule has 5 nitrogen and oxygen atoms in total. The predicted molar refractivity (Wildman–Crippen MR) is 95.0 cm³/mol. The molecular formula is C18H22BrNO4. The van der Waals surface area contributed by atoms with Gasteiger partial charge in [0, 0.05) is 6.54 Å². The number of allylic oxidation sites excluding steroid dienone is 1. The van der Waals surface area contributed by atoms with E-state index in [0.717, 1.165) is 24.8 Å². The molecule has 0 bridgehead atoms. The number of phenolic OH excluding ortho intramolecular Hbond substituents is 1. The van der Waals surface area contributed by atoms with Gasteiger partial charge < -0.3 is 15.2 Å². The molecule has 0 spiro atoms. The summed E-state index contributed by atoms with van der Waals surface area (Å²) in [7, 11) is 0. The van der Waals surface area contributed by atoms with E-state index in [4.69, 9.17) is 4.74 Å². The van der Waals surface area contributed by atoms with E-state index in [9.17, 15) is 14.7 Å². The van der Waals surface area contributed by atoms with Crippen molar-refractivity contribution in [3.63, 3.8) is 0 Å². The predicted octanol–water partition coefficient (Wildman–Crippen LogP) is 3.63. The molecule has 1 aromatic carbocycles. The standard InChI is InChI=1S/C18H22BrNO4/c1-12-9-14(17(22)15(19)10-12)18(23)24-11-16(21)20-8-7-13-5-3-2-4-6-13/h5,9-10,22H,2-4,6-8,11H2,1H3,(H,20,21). The molecule has 1 amide bonds. The van der Waals surface area contributed by atoms with Gasteiger partial charge in [0.25, 0.3) is 5.91 Å². The fraction of sp³-hybridized carbons (Fsp3) is 0.444. The van der Waals surface area contributed by atoms with Crippen LogP contribution in [-0.2, 0) is 9.53 Å². The third-order valence-corrected chi connectivity index (χ3v) is 4.52. The number of benzene rings is 1. The molecule has 0 unspecified atom stereocenters. The van der Waals surface area contributed by atoms with Crippen molar-refractivity contribution in [1.82, 2.24) is 5.32 Å². The molecule has 1 aliphatic rings. The van der Waals surface area contributed by atoms with Crippen LogP contribution >= 0.6 is 15.9 Å². The van der Waals surface area contributed by atoms with Crippen LogP contribution in [0.3, 0.4) is 0 Å². The van der Waals surface area contributed by atoms with Gasteiger partial charge in [-0.15, -0.1) is 0 Å². The molecule has 0 radical (unpaired) electrons. The molecule has 0 aromatic heterocycles. The summed E-state index contributed by atoms with van der Waals surface area (Å²) in [6.45, 7) is 1.99. The quantitative estimate of drug-likeness (QED) is 0.569. The summed E-state index contributed by atoms with van der Waals surface area (Å²) in [6, 6.07) is 3.22. The van der Waals surface area contributed by atoms with Gasteiger partial charge in [-0.05, 0) is 72.7 Å². The highest BCUT2D eigenvalue weighted by atomic mass is 79.9. The fourth-order valence-electron chi connectivity index (χ4n) is 2.64. The molecule has 130 valence electrons. The molecule has 1 aromatic rings. The van der Waals surface area contributed by atoms with Crippen molar-refractivity contribution in [2.45, 2.75) is 39.0 Å². The zero-order chi connectivity index (χ0) is 17.5. The number of rotatable bonds is 6. The van der Waals surface area contributed by atoms with Crippen LogP contribution in [0.25, 0.3) is 0 Å². The van der Waals surface area contributed by atoms with Crippen LogP contribution < -0.4 is 5.32 Å². The summed E-state index contributed by atoms with van der Waals surface area (Å²) in [4.78, 5) is 23.8. The van der Waals surface area contributed by atoms with Gasteiger partial charge in [0.15, 0.2) is 6.61 Å². The summed E-state index contributed by atoms with van der Waals surface area (Å²) in [5.74, 6) is -1.25. The number of nitrogens with one attached hydrogen (secondary N) is 1. The first-order chi connectivity index (χ1) is 11.5. The number of phenols is 1. The van der Waals surface area contributed by atoms with Gasteiger partial charge in [0.1, 0.15) is 11.3 Å². The average molecular weight is 396 g/mol. The molecule has 0 atom stereocenters. The van der Waals surface area contributed by atoms with Crippen molar-refractivity contribution in [1.29, 1.82) is 0 Å². The summed E-state index contributed by atoms with van der Waals surface area (Å²) >= 11 is 3.17. The van der Waals surface area contributed by atoms with E-state index >= 15 is 0 Å². The number of ether oxygens (including phenoxy) is 1. The first kappa shape index (κ1) is 18.5.